The molecule has 5 aromatic heterocycles. The molecule has 5 aromatic carbocycles. The molecule has 0 atom stereocenters. The van der Waals surface area contributed by atoms with Crippen LogP contribution >= 0.6 is 0 Å². The Kier molecular flexibility index (Phi) is 13.4. The van der Waals surface area contributed by atoms with Crippen LogP contribution in [0.4, 0.5) is 0 Å². The standard InChI is InChI=1S/5C15H15N/c1-10-4-5-13-11(8-10)12-9-16-7-6-14(12)15(13,2)3;1-10-4-5-11-12-9-16-7-6-13(12)15(2,3)14(11)8-10;1-10-5-4-6-13-14(10)11-9-16-8-7-12(11)15(13,2)3;1-10-5-4-6-11-12-9-16-8-7-13(12)15(2,3)14(10)11;1-10-8-9-16-14-11-6-4-5-7-12(11)15(2,3)13(10)14/h5*4-9H,1-3H3. The Labute approximate surface area is 475 Å². The van der Waals surface area contributed by atoms with Crippen LogP contribution in [0.2, 0.25) is 0 Å². The first-order valence-electron chi connectivity index (χ1n) is 28.4. The first-order chi connectivity index (χ1) is 38.1. The fourth-order valence-corrected chi connectivity index (χ4v) is 14.2. The lowest BCUT2D eigenvalue weighted by Gasteiger charge is -2.22. The number of pyridine rings is 5. The predicted molar refractivity (Wildman–Crippen MR) is 333 cm³/mol. The van der Waals surface area contributed by atoms with Crippen molar-refractivity contribution in [2.75, 3.05) is 0 Å². The summed E-state index contributed by atoms with van der Waals surface area (Å²) in [5.74, 6) is 0. The van der Waals surface area contributed by atoms with Gasteiger partial charge < -0.3 is 0 Å². The molecule has 80 heavy (non-hydrogen) atoms. The number of hydrogen-bond donors (Lipinski definition) is 0. The monoisotopic (exact) mass is 1050 g/mol. The Morgan fingerprint density at radius 2 is 0.713 bits per heavy atom. The Bertz CT molecular complexity index is 3930. The summed E-state index contributed by atoms with van der Waals surface area (Å²) in [6.07, 6.45) is 17.4. The Hall–Kier alpha value is -8.15. The van der Waals surface area contributed by atoms with Gasteiger partial charge in [-0.05, 0) is 160 Å². The minimum absolute atomic E-state index is 0.0876. The SMILES string of the molecule is Cc1ccc2c(c1)-c1cnccc1C2(C)C.Cc1ccc2c(c1)C(C)(C)c1ccncc1-2.Cc1cccc2c1-c1cnccc1C2(C)C.Cc1cccc2c1C(C)(C)c1ccncc1-2.Cc1ccnc2c1C(C)(C)c1ccccc1-2. The molecular formula is C75H75N5. The third-order valence-corrected chi connectivity index (χ3v) is 18.3. The van der Waals surface area contributed by atoms with Gasteiger partial charge in [0.05, 0.1) is 5.69 Å². The zero-order valence-corrected chi connectivity index (χ0v) is 49.6. The maximum Gasteiger partial charge on any atom is 0.0748 e. The molecule has 400 valence electrons. The van der Waals surface area contributed by atoms with Gasteiger partial charge >= 0.3 is 0 Å². The van der Waals surface area contributed by atoms with Crippen LogP contribution in [0.5, 0.6) is 0 Å². The summed E-state index contributed by atoms with van der Waals surface area (Å²) in [5.41, 5.74) is 34.4. The molecule has 10 aromatic rings. The fraction of sp³-hybridized carbons (Fsp3) is 0.267. The van der Waals surface area contributed by atoms with Crippen LogP contribution in [0.15, 0.2) is 183 Å². The Balaban J connectivity index is 0.000000105. The molecule has 0 radical (unpaired) electrons. The molecule has 0 aliphatic heterocycles. The molecule has 0 bridgehead atoms. The van der Waals surface area contributed by atoms with Crippen molar-refractivity contribution in [3.8, 4) is 55.8 Å². The molecule has 0 amide bonds. The zero-order chi connectivity index (χ0) is 56.7. The average Bonchev–Trinajstić information content (AvgIpc) is 3.87. The summed E-state index contributed by atoms with van der Waals surface area (Å²) >= 11 is 0. The number of benzene rings is 5. The fourth-order valence-electron chi connectivity index (χ4n) is 14.2. The van der Waals surface area contributed by atoms with Gasteiger partial charge in [-0.1, -0.05) is 177 Å². The Morgan fingerprint density at radius 1 is 0.275 bits per heavy atom. The molecule has 5 aliphatic rings. The highest BCUT2D eigenvalue weighted by Gasteiger charge is 2.40. The van der Waals surface area contributed by atoms with Crippen molar-refractivity contribution in [3.63, 3.8) is 0 Å². The second kappa shape index (κ2) is 19.9. The smallest absolute Gasteiger partial charge is 0.0748 e. The van der Waals surface area contributed by atoms with Gasteiger partial charge in [-0.15, -0.1) is 0 Å². The molecule has 5 aliphatic carbocycles. The summed E-state index contributed by atoms with van der Waals surface area (Å²) in [7, 11) is 0. The van der Waals surface area contributed by atoms with E-state index < -0.39 is 0 Å². The molecule has 5 heteroatoms. The largest absolute Gasteiger partial charge is 0.264 e. The van der Waals surface area contributed by atoms with Gasteiger partial charge in [-0.3, -0.25) is 24.9 Å². The number of aromatic nitrogens is 5. The van der Waals surface area contributed by atoms with Crippen molar-refractivity contribution >= 4 is 0 Å². The first-order valence-corrected chi connectivity index (χ1v) is 28.4. The molecule has 0 saturated carbocycles. The molecule has 5 nitrogen and oxygen atoms in total. The van der Waals surface area contributed by atoms with E-state index in [2.05, 4.69) is 256 Å². The minimum atomic E-state index is 0.0876. The maximum absolute atomic E-state index is 4.56. The highest BCUT2D eigenvalue weighted by atomic mass is 14.7. The Morgan fingerprint density at radius 3 is 1.38 bits per heavy atom. The molecule has 0 saturated heterocycles. The van der Waals surface area contributed by atoms with Gasteiger partial charge in [-0.2, -0.15) is 0 Å². The third kappa shape index (κ3) is 8.72. The van der Waals surface area contributed by atoms with Gasteiger partial charge in [-0.25, -0.2) is 0 Å². The van der Waals surface area contributed by atoms with Crippen LogP contribution in [0.25, 0.3) is 55.8 Å². The number of hydrogen-bond acceptors (Lipinski definition) is 5. The lowest BCUT2D eigenvalue weighted by molar-refractivity contribution is 0.654. The number of nitrogens with zero attached hydrogens (tertiary/aromatic N) is 5. The molecule has 0 unspecified atom stereocenters. The highest BCUT2D eigenvalue weighted by Crippen LogP contribution is 2.53. The van der Waals surface area contributed by atoms with Crippen molar-refractivity contribution < 1.29 is 0 Å². The summed E-state index contributed by atoms with van der Waals surface area (Å²) in [6, 6.07) is 45.8. The summed E-state index contributed by atoms with van der Waals surface area (Å²) < 4.78 is 0. The molecule has 0 spiro atoms. The highest BCUT2D eigenvalue weighted by molar-refractivity contribution is 5.84. The van der Waals surface area contributed by atoms with E-state index in [0.717, 1.165) is 0 Å². The van der Waals surface area contributed by atoms with Crippen molar-refractivity contribution in [1.82, 2.24) is 24.9 Å². The first kappa shape index (κ1) is 53.8. The van der Waals surface area contributed by atoms with Crippen LogP contribution in [-0.4, -0.2) is 24.9 Å². The summed E-state index contributed by atoms with van der Waals surface area (Å²) in [6.45, 7) is 33.7. The van der Waals surface area contributed by atoms with Crippen LogP contribution in [0.1, 0.15) is 153 Å². The molecule has 0 fully saturated rings. The van der Waals surface area contributed by atoms with E-state index in [0.29, 0.717) is 0 Å². The second-order valence-corrected chi connectivity index (χ2v) is 25.3. The maximum atomic E-state index is 4.56. The minimum Gasteiger partial charge on any atom is -0.264 e. The number of fused-ring (bicyclic) bond motifs is 15. The number of aryl methyl sites for hydroxylation is 5. The number of rotatable bonds is 0. The van der Waals surface area contributed by atoms with Crippen LogP contribution in [0.3, 0.4) is 0 Å². The molecule has 15 rings (SSSR count). The van der Waals surface area contributed by atoms with Gasteiger partial charge in [0.1, 0.15) is 0 Å². The average molecular weight is 1050 g/mol. The molecular weight excluding hydrogens is 971 g/mol. The summed E-state index contributed by atoms with van der Waals surface area (Å²) in [4.78, 5) is 21.6. The molecule has 0 N–H and O–H groups in total. The zero-order valence-electron chi connectivity index (χ0n) is 49.6. The van der Waals surface area contributed by atoms with Crippen LogP contribution in [0, 0.1) is 34.6 Å². The quantitative estimate of drug-likeness (QED) is 0.151. The van der Waals surface area contributed by atoms with Gasteiger partial charge in [0, 0.05) is 111 Å². The van der Waals surface area contributed by atoms with Crippen LogP contribution in [-0.2, 0) is 27.1 Å². The summed E-state index contributed by atoms with van der Waals surface area (Å²) in [5, 5.41) is 0. The van der Waals surface area contributed by atoms with Crippen LogP contribution < -0.4 is 0 Å². The van der Waals surface area contributed by atoms with Crippen molar-refractivity contribution in [1.29, 1.82) is 0 Å². The van der Waals surface area contributed by atoms with E-state index in [1.165, 1.54) is 139 Å². The van der Waals surface area contributed by atoms with E-state index in [4.69, 9.17) is 0 Å². The lowest BCUT2D eigenvalue weighted by atomic mass is 9.81. The molecule has 5 heterocycles. The second-order valence-electron chi connectivity index (χ2n) is 25.3. The van der Waals surface area contributed by atoms with Crippen molar-refractivity contribution in [2.24, 2.45) is 0 Å². The van der Waals surface area contributed by atoms with E-state index in [-0.39, 0.29) is 27.1 Å². The normalized spacial score (nSPS) is 15.7. The third-order valence-electron chi connectivity index (χ3n) is 18.3. The van der Waals surface area contributed by atoms with E-state index >= 15 is 0 Å². The lowest BCUT2D eigenvalue weighted by Crippen LogP contribution is -2.16. The van der Waals surface area contributed by atoms with Gasteiger partial charge in [0.25, 0.3) is 0 Å². The topological polar surface area (TPSA) is 64.5 Å². The van der Waals surface area contributed by atoms with Crippen molar-refractivity contribution in [3.05, 3.63) is 267 Å². The predicted octanol–water partition coefficient (Wildman–Crippen LogP) is 18.5. The van der Waals surface area contributed by atoms with E-state index in [1.807, 2.05) is 55.8 Å². The van der Waals surface area contributed by atoms with Crippen molar-refractivity contribution in [2.45, 2.75) is 131 Å². The van der Waals surface area contributed by atoms with E-state index in [9.17, 15) is 0 Å². The van der Waals surface area contributed by atoms with Gasteiger partial charge in [0.15, 0.2) is 0 Å². The van der Waals surface area contributed by atoms with E-state index in [1.54, 1.807) is 0 Å². The van der Waals surface area contributed by atoms with Gasteiger partial charge in [0.2, 0.25) is 0 Å².